The zero-order valence-corrected chi connectivity index (χ0v) is 18.4. The Morgan fingerprint density at radius 1 is 1.03 bits per heavy atom. The van der Waals surface area contributed by atoms with E-state index in [4.69, 9.17) is 35.4 Å². The SMILES string of the molecule is O=C(NC(=S)Nc1cc(S(=O)(=O)Nc2ccc(Cl)cc2)ccc1Cl)c1cccs1. The van der Waals surface area contributed by atoms with Crippen LogP contribution in [0.2, 0.25) is 10.0 Å². The summed E-state index contributed by atoms with van der Waals surface area (Å²) in [6.45, 7) is 0. The van der Waals surface area contributed by atoms with Crippen LogP contribution in [0.1, 0.15) is 9.67 Å². The highest BCUT2D eigenvalue weighted by molar-refractivity contribution is 7.92. The molecule has 3 aromatic rings. The molecule has 6 nitrogen and oxygen atoms in total. The highest BCUT2D eigenvalue weighted by atomic mass is 35.5. The molecule has 1 heterocycles. The van der Waals surface area contributed by atoms with Crippen molar-refractivity contribution < 1.29 is 13.2 Å². The van der Waals surface area contributed by atoms with E-state index in [9.17, 15) is 13.2 Å². The Hall–Kier alpha value is -2.17. The molecule has 0 saturated heterocycles. The first-order valence-electron chi connectivity index (χ1n) is 7.98. The number of sulfonamides is 1. The number of halogens is 2. The average molecular weight is 486 g/mol. The summed E-state index contributed by atoms with van der Waals surface area (Å²) in [7, 11) is -3.88. The maximum Gasteiger partial charge on any atom is 0.267 e. The van der Waals surface area contributed by atoms with Gasteiger partial charge < -0.3 is 5.32 Å². The highest BCUT2D eigenvalue weighted by Gasteiger charge is 2.17. The van der Waals surface area contributed by atoms with Gasteiger partial charge in [0.1, 0.15) is 0 Å². The second kappa shape index (κ2) is 9.10. The summed E-state index contributed by atoms with van der Waals surface area (Å²) in [6.07, 6.45) is 0. The van der Waals surface area contributed by atoms with E-state index in [1.807, 2.05) is 0 Å². The van der Waals surface area contributed by atoms with E-state index in [1.54, 1.807) is 41.8 Å². The molecule has 0 bridgehead atoms. The van der Waals surface area contributed by atoms with Gasteiger partial charge in [-0.15, -0.1) is 11.3 Å². The quantitative estimate of drug-likeness (QED) is 0.443. The zero-order chi connectivity index (χ0) is 21.0. The van der Waals surface area contributed by atoms with E-state index in [0.29, 0.717) is 15.6 Å². The van der Waals surface area contributed by atoms with Gasteiger partial charge >= 0.3 is 0 Å². The monoisotopic (exact) mass is 485 g/mol. The topological polar surface area (TPSA) is 87.3 Å². The van der Waals surface area contributed by atoms with Gasteiger partial charge in [0.15, 0.2) is 5.11 Å². The molecule has 1 aromatic heterocycles. The van der Waals surface area contributed by atoms with Gasteiger partial charge in [-0.2, -0.15) is 0 Å². The van der Waals surface area contributed by atoms with Crippen LogP contribution in [0.15, 0.2) is 64.9 Å². The van der Waals surface area contributed by atoms with Crippen molar-refractivity contribution in [3.63, 3.8) is 0 Å². The van der Waals surface area contributed by atoms with Crippen molar-refractivity contribution in [3.05, 3.63) is 74.9 Å². The van der Waals surface area contributed by atoms with E-state index in [0.717, 1.165) is 0 Å². The third-order valence-corrected chi connectivity index (χ3v) is 6.60. The zero-order valence-electron chi connectivity index (χ0n) is 14.5. The maximum atomic E-state index is 12.7. The van der Waals surface area contributed by atoms with Crippen molar-refractivity contribution in [3.8, 4) is 0 Å². The molecule has 0 fully saturated rings. The van der Waals surface area contributed by atoms with E-state index < -0.39 is 10.0 Å². The normalized spacial score (nSPS) is 11.0. The predicted molar refractivity (Wildman–Crippen MR) is 122 cm³/mol. The Labute approximate surface area is 186 Å². The van der Waals surface area contributed by atoms with Gasteiger partial charge in [0.2, 0.25) is 0 Å². The van der Waals surface area contributed by atoms with E-state index >= 15 is 0 Å². The molecule has 0 saturated carbocycles. The molecule has 0 unspecified atom stereocenters. The lowest BCUT2D eigenvalue weighted by atomic mass is 10.3. The van der Waals surface area contributed by atoms with Crippen LogP contribution < -0.4 is 15.4 Å². The number of carbonyl (C=O) groups excluding carboxylic acids is 1. The molecule has 0 aliphatic heterocycles. The summed E-state index contributed by atoms with van der Waals surface area (Å²) in [4.78, 5) is 12.5. The molecule has 0 radical (unpaired) electrons. The number of carbonyl (C=O) groups is 1. The molecule has 0 atom stereocenters. The Bertz CT molecular complexity index is 1150. The Balaban J connectivity index is 1.75. The van der Waals surface area contributed by atoms with Gasteiger partial charge in [-0.05, 0) is 66.1 Å². The molecule has 3 rings (SSSR count). The molecule has 0 spiro atoms. The summed E-state index contributed by atoms with van der Waals surface area (Å²) < 4.78 is 27.8. The second-order valence-corrected chi connectivity index (χ2v) is 9.52. The molecule has 11 heteroatoms. The average Bonchev–Trinajstić information content (AvgIpc) is 3.20. The van der Waals surface area contributed by atoms with Crippen LogP contribution >= 0.6 is 46.8 Å². The number of hydrogen-bond acceptors (Lipinski definition) is 5. The van der Waals surface area contributed by atoms with Crippen molar-refractivity contribution in [2.24, 2.45) is 0 Å². The van der Waals surface area contributed by atoms with Crippen LogP contribution in [-0.4, -0.2) is 19.4 Å². The molecule has 0 aliphatic carbocycles. The van der Waals surface area contributed by atoms with Gasteiger partial charge in [-0.25, -0.2) is 8.42 Å². The van der Waals surface area contributed by atoms with Crippen LogP contribution in [0.4, 0.5) is 11.4 Å². The van der Waals surface area contributed by atoms with E-state index in [2.05, 4.69) is 15.4 Å². The standard InChI is InChI=1S/C18H13Cl2N3O3S3/c19-11-3-5-12(6-4-11)23-29(25,26)13-7-8-14(20)15(10-13)21-18(27)22-17(24)16-2-1-9-28-16/h1-10,23H,(H2,21,22,24,27). The molecular weight excluding hydrogens is 473 g/mol. The third kappa shape index (κ3) is 5.68. The van der Waals surface area contributed by atoms with Gasteiger partial charge in [0.25, 0.3) is 15.9 Å². The van der Waals surface area contributed by atoms with Crippen molar-refractivity contribution in [2.75, 3.05) is 10.0 Å². The van der Waals surface area contributed by atoms with Crippen LogP contribution in [-0.2, 0) is 10.0 Å². The lowest BCUT2D eigenvalue weighted by Gasteiger charge is -2.13. The Kier molecular flexibility index (Phi) is 6.76. The minimum atomic E-state index is -3.88. The summed E-state index contributed by atoms with van der Waals surface area (Å²) in [5, 5.41) is 7.75. The Morgan fingerprint density at radius 3 is 2.41 bits per heavy atom. The largest absolute Gasteiger partial charge is 0.331 e. The molecule has 150 valence electrons. The second-order valence-electron chi connectivity index (χ2n) is 5.64. The van der Waals surface area contributed by atoms with Gasteiger partial charge in [-0.3, -0.25) is 14.8 Å². The van der Waals surface area contributed by atoms with Gasteiger partial charge in [0.05, 0.1) is 20.5 Å². The number of thiophene rings is 1. The van der Waals surface area contributed by atoms with Crippen LogP contribution in [0, 0.1) is 0 Å². The highest BCUT2D eigenvalue weighted by Crippen LogP contribution is 2.27. The first kappa shape index (κ1) is 21.5. The molecule has 29 heavy (non-hydrogen) atoms. The fourth-order valence-electron chi connectivity index (χ4n) is 2.23. The summed E-state index contributed by atoms with van der Waals surface area (Å²) in [5.74, 6) is -0.373. The van der Waals surface area contributed by atoms with E-state index in [-0.39, 0.29) is 26.6 Å². The van der Waals surface area contributed by atoms with Crippen molar-refractivity contribution >= 4 is 79.2 Å². The van der Waals surface area contributed by atoms with Gasteiger partial charge in [0, 0.05) is 10.7 Å². The lowest BCUT2D eigenvalue weighted by Crippen LogP contribution is -2.33. The lowest BCUT2D eigenvalue weighted by molar-refractivity contribution is 0.0981. The Morgan fingerprint density at radius 2 is 1.76 bits per heavy atom. The number of benzene rings is 2. The summed E-state index contributed by atoms with van der Waals surface area (Å²) >= 11 is 18.3. The fraction of sp³-hybridized carbons (Fsp3) is 0. The van der Waals surface area contributed by atoms with Gasteiger partial charge in [-0.1, -0.05) is 29.3 Å². The minimum Gasteiger partial charge on any atom is -0.331 e. The number of rotatable bonds is 5. The fourth-order valence-corrected chi connectivity index (χ4v) is 4.42. The van der Waals surface area contributed by atoms with Crippen LogP contribution in [0.3, 0.4) is 0 Å². The number of amides is 1. The third-order valence-electron chi connectivity index (χ3n) is 3.56. The number of thiocarbonyl (C=S) groups is 1. The number of hydrogen-bond donors (Lipinski definition) is 3. The summed E-state index contributed by atoms with van der Waals surface area (Å²) in [6, 6.07) is 13.7. The molecule has 2 aromatic carbocycles. The minimum absolute atomic E-state index is 0.00879. The maximum absolute atomic E-state index is 12.7. The molecule has 1 amide bonds. The molecule has 3 N–H and O–H groups in total. The smallest absolute Gasteiger partial charge is 0.267 e. The molecular formula is C18H13Cl2N3O3S3. The summed E-state index contributed by atoms with van der Waals surface area (Å²) in [5.41, 5.74) is 0.597. The number of nitrogens with one attached hydrogen (secondary N) is 3. The van der Waals surface area contributed by atoms with Crippen LogP contribution in [0.5, 0.6) is 0 Å². The van der Waals surface area contributed by atoms with E-state index in [1.165, 1.54) is 29.5 Å². The van der Waals surface area contributed by atoms with Crippen molar-refractivity contribution in [2.45, 2.75) is 4.90 Å². The van der Waals surface area contributed by atoms with Crippen molar-refractivity contribution in [1.82, 2.24) is 5.32 Å². The number of anilines is 2. The first-order chi connectivity index (χ1) is 13.7. The predicted octanol–water partition coefficient (Wildman–Crippen LogP) is 4.98. The first-order valence-corrected chi connectivity index (χ1v) is 11.5. The molecule has 0 aliphatic rings. The van der Waals surface area contributed by atoms with Crippen molar-refractivity contribution in [1.29, 1.82) is 0 Å². The van der Waals surface area contributed by atoms with Crippen LogP contribution in [0.25, 0.3) is 0 Å².